The lowest BCUT2D eigenvalue weighted by atomic mass is 9.67. The smallest absolute Gasteiger partial charge is 0.0352 e. The predicted molar refractivity (Wildman–Crippen MR) is 64.6 cm³/mol. The van der Waals surface area contributed by atoms with E-state index in [1.807, 2.05) is 0 Å². The van der Waals surface area contributed by atoms with Crippen molar-refractivity contribution in [3.8, 4) is 0 Å². The van der Waals surface area contributed by atoms with E-state index in [-0.39, 0.29) is 0 Å². The van der Waals surface area contributed by atoms with Crippen LogP contribution in [0.2, 0.25) is 0 Å². The molecule has 0 aromatic heterocycles. The van der Waals surface area contributed by atoms with Crippen molar-refractivity contribution in [2.45, 2.75) is 58.8 Å². The van der Waals surface area contributed by atoms with E-state index < -0.39 is 0 Å². The normalized spacial score (nSPS) is 53.2. The first-order chi connectivity index (χ1) is 7.29. The minimum Gasteiger partial charge on any atom is -0.0654 e. The molecule has 3 fully saturated rings. The van der Waals surface area contributed by atoms with Gasteiger partial charge in [0.25, 0.3) is 0 Å². The van der Waals surface area contributed by atoms with Gasteiger partial charge in [-0.3, -0.25) is 0 Å². The molecule has 0 heterocycles. The minimum absolute atomic E-state index is 1.10. The van der Waals surface area contributed by atoms with Crippen molar-refractivity contribution in [1.82, 2.24) is 0 Å². The average Bonchev–Trinajstić information content (AvgIpc) is 2.87. The Morgan fingerprint density at radius 1 is 0.933 bits per heavy atom. The largest absolute Gasteiger partial charge is 0.0654 e. The molecule has 3 saturated carbocycles. The fourth-order valence-electron chi connectivity index (χ4n) is 4.81. The Labute approximate surface area is 94.8 Å². The van der Waals surface area contributed by atoms with Crippen molar-refractivity contribution < 1.29 is 0 Å². The van der Waals surface area contributed by atoms with E-state index in [9.17, 15) is 0 Å². The molecular formula is C15H26. The molecule has 0 nitrogen and oxygen atoms in total. The molecule has 3 rings (SSSR count). The van der Waals surface area contributed by atoms with Gasteiger partial charge >= 0.3 is 0 Å². The standard InChI is InChI=1S/C15H26/c1-3-4-11-5-6-12-8-14-10(2)15(14)9-13(12)7-11/h10-15H,3-9H2,1-2H3. The fourth-order valence-corrected chi connectivity index (χ4v) is 4.81. The first-order valence-electron chi connectivity index (χ1n) is 7.29. The van der Waals surface area contributed by atoms with Crippen molar-refractivity contribution in [2.24, 2.45) is 35.5 Å². The average molecular weight is 206 g/mol. The first kappa shape index (κ1) is 10.2. The zero-order valence-electron chi connectivity index (χ0n) is 10.4. The van der Waals surface area contributed by atoms with E-state index in [4.69, 9.17) is 0 Å². The Balaban J connectivity index is 1.60. The van der Waals surface area contributed by atoms with Gasteiger partial charge in [-0.2, -0.15) is 0 Å². The second-order valence-electron chi connectivity index (χ2n) is 6.65. The third kappa shape index (κ3) is 1.74. The Kier molecular flexibility index (Phi) is 2.57. The van der Waals surface area contributed by atoms with E-state index in [2.05, 4.69) is 13.8 Å². The van der Waals surface area contributed by atoms with Crippen LogP contribution in [0, 0.1) is 35.5 Å². The summed E-state index contributed by atoms with van der Waals surface area (Å²) < 4.78 is 0. The highest BCUT2D eigenvalue weighted by Gasteiger charge is 2.53. The molecule has 0 aromatic carbocycles. The summed E-state index contributed by atoms with van der Waals surface area (Å²) in [6.07, 6.45) is 10.9. The summed E-state index contributed by atoms with van der Waals surface area (Å²) >= 11 is 0. The molecule has 0 aliphatic heterocycles. The fraction of sp³-hybridized carbons (Fsp3) is 1.00. The Bertz CT molecular complexity index is 232. The lowest BCUT2D eigenvalue weighted by Gasteiger charge is -2.39. The molecule has 0 bridgehead atoms. The van der Waals surface area contributed by atoms with Crippen LogP contribution in [0.5, 0.6) is 0 Å². The monoisotopic (exact) mass is 206 g/mol. The van der Waals surface area contributed by atoms with Gasteiger partial charge in [0.15, 0.2) is 0 Å². The maximum Gasteiger partial charge on any atom is -0.0352 e. The third-order valence-electron chi connectivity index (χ3n) is 5.85. The summed E-state index contributed by atoms with van der Waals surface area (Å²) in [6.45, 7) is 4.85. The SMILES string of the molecule is CCCC1CCC2CC3C(C)C3CC2C1. The summed E-state index contributed by atoms with van der Waals surface area (Å²) in [7, 11) is 0. The van der Waals surface area contributed by atoms with E-state index >= 15 is 0 Å². The van der Waals surface area contributed by atoms with Crippen molar-refractivity contribution in [2.75, 3.05) is 0 Å². The second kappa shape index (κ2) is 3.79. The predicted octanol–water partition coefficient (Wildman–Crippen LogP) is 4.49. The maximum atomic E-state index is 2.50. The molecule has 0 saturated heterocycles. The molecule has 0 spiro atoms. The molecule has 0 N–H and O–H groups in total. The lowest BCUT2D eigenvalue weighted by Crippen LogP contribution is -2.28. The van der Waals surface area contributed by atoms with Crippen molar-refractivity contribution in [3.63, 3.8) is 0 Å². The topological polar surface area (TPSA) is 0 Å². The highest BCUT2D eigenvalue weighted by Crippen LogP contribution is 2.61. The highest BCUT2D eigenvalue weighted by atomic mass is 14.6. The number of rotatable bonds is 2. The second-order valence-corrected chi connectivity index (χ2v) is 6.65. The van der Waals surface area contributed by atoms with Crippen molar-refractivity contribution in [3.05, 3.63) is 0 Å². The molecule has 0 heteroatoms. The molecule has 0 radical (unpaired) electrons. The summed E-state index contributed by atoms with van der Waals surface area (Å²) in [5.74, 6) is 6.80. The summed E-state index contributed by atoms with van der Waals surface area (Å²) in [6, 6.07) is 0. The number of hydrogen-bond donors (Lipinski definition) is 0. The molecule has 3 aliphatic rings. The van der Waals surface area contributed by atoms with Gasteiger partial charge in [0.2, 0.25) is 0 Å². The lowest BCUT2D eigenvalue weighted by molar-refractivity contribution is 0.120. The summed E-state index contributed by atoms with van der Waals surface area (Å²) in [4.78, 5) is 0. The van der Waals surface area contributed by atoms with Crippen molar-refractivity contribution >= 4 is 0 Å². The summed E-state index contributed by atoms with van der Waals surface area (Å²) in [5, 5.41) is 0. The first-order valence-corrected chi connectivity index (χ1v) is 7.29. The molecular weight excluding hydrogens is 180 g/mol. The van der Waals surface area contributed by atoms with Crippen LogP contribution in [-0.2, 0) is 0 Å². The van der Waals surface area contributed by atoms with Gasteiger partial charge in [0.05, 0.1) is 0 Å². The van der Waals surface area contributed by atoms with Crippen LogP contribution >= 0.6 is 0 Å². The molecule has 6 atom stereocenters. The zero-order valence-corrected chi connectivity index (χ0v) is 10.4. The van der Waals surface area contributed by atoms with E-state index in [0.29, 0.717) is 0 Å². The molecule has 3 aliphatic carbocycles. The van der Waals surface area contributed by atoms with Crippen LogP contribution in [0.25, 0.3) is 0 Å². The minimum atomic E-state index is 1.10. The van der Waals surface area contributed by atoms with E-state index in [1.54, 1.807) is 32.1 Å². The van der Waals surface area contributed by atoms with Crippen LogP contribution in [0.3, 0.4) is 0 Å². The van der Waals surface area contributed by atoms with Gasteiger partial charge in [-0.05, 0) is 61.2 Å². The van der Waals surface area contributed by atoms with E-state index in [0.717, 1.165) is 35.5 Å². The molecule has 0 aromatic rings. The van der Waals surface area contributed by atoms with Gasteiger partial charge in [0, 0.05) is 0 Å². The summed E-state index contributed by atoms with van der Waals surface area (Å²) in [5.41, 5.74) is 0. The molecule has 0 amide bonds. The van der Waals surface area contributed by atoms with Crippen LogP contribution in [0.1, 0.15) is 58.8 Å². The van der Waals surface area contributed by atoms with Crippen LogP contribution in [0.4, 0.5) is 0 Å². The van der Waals surface area contributed by atoms with Crippen LogP contribution < -0.4 is 0 Å². The van der Waals surface area contributed by atoms with Gasteiger partial charge < -0.3 is 0 Å². The van der Waals surface area contributed by atoms with E-state index in [1.165, 1.54) is 12.8 Å². The molecule has 15 heavy (non-hydrogen) atoms. The molecule has 86 valence electrons. The quantitative estimate of drug-likeness (QED) is 0.624. The van der Waals surface area contributed by atoms with Gasteiger partial charge in [-0.1, -0.05) is 33.1 Å². The Morgan fingerprint density at radius 2 is 1.67 bits per heavy atom. The molecule has 6 unspecified atom stereocenters. The van der Waals surface area contributed by atoms with Gasteiger partial charge in [0.1, 0.15) is 0 Å². The van der Waals surface area contributed by atoms with Crippen LogP contribution in [0.15, 0.2) is 0 Å². The Hall–Kier alpha value is 0. The van der Waals surface area contributed by atoms with Crippen molar-refractivity contribution in [1.29, 1.82) is 0 Å². The van der Waals surface area contributed by atoms with Crippen LogP contribution in [-0.4, -0.2) is 0 Å². The Morgan fingerprint density at radius 3 is 2.40 bits per heavy atom. The number of hydrogen-bond acceptors (Lipinski definition) is 0. The maximum absolute atomic E-state index is 2.50. The zero-order chi connectivity index (χ0) is 10.4. The third-order valence-corrected chi connectivity index (χ3v) is 5.85. The highest BCUT2D eigenvalue weighted by molar-refractivity contribution is 5.02. The van der Waals surface area contributed by atoms with Gasteiger partial charge in [-0.25, -0.2) is 0 Å². The van der Waals surface area contributed by atoms with Gasteiger partial charge in [-0.15, -0.1) is 0 Å². The number of fused-ring (bicyclic) bond motifs is 2.